The van der Waals surface area contributed by atoms with Crippen LogP contribution in [0.3, 0.4) is 0 Å². The van der Waals surface area contributed by atoms with Gasteiger partial charge in [-0.15, -0.1) is 5.10 Å². The van der Waals surface area contributed by atoms with E-state index in [1.54, 1.807) is 24.4 Å². The van der Waals surface area contributed by atoms with Crippen molar-refractivity contribution in [1.82, 2.24) is 10.2 Å². The first kappa shape index (κ1) is 16.7. The van der Waals surface area contributed by atoms with E-state index < -0.39 is 5.97 Å². The fourth-order valence-corrected chi connectivity index (χ4v) is 3.03. The standard InChI is InChI=1S/C22H16N2O3/c1-14-6-2-3-7-17(14)21-18-11-10-16(12-15(18)13-23-24-21)27-20-9-5-4-8-19(20)22(25)26/h2-13H,1H3,(H,25,26). The first-order valence-corrected chi connectivity index (χ1v) is 8.45. The molecule has 5 heteroatoms. The summed E-state index contributed by atoms with van der Waals surface area (Å²) in [4.78, 5) is 11.4. The number of aryl methyl sites for hydroxylation is 1. The van der Waals surface area contributed by atoms with Crippen LogP contribution in [-0.2, 0) is 0 Å². The molecule has 3 aromatic carbocycles. The van der Waals surface area contributed by atoms with Gasteiger partial charge in [-0.1, -0.05) is 36.4 Å². The van der Waals surface area contributed by atoms with Crippen LogP contribution in [0.2, 0.25) is 0 Å². The number of hydrogen-bond donors (Lipinski definition) is 1. The summed E-state index contributed by atoms with van der Waals surface area (Å²) in [5, 5.41) is 19.6. The van der Waals surface area contributed by atoms with Crippen molar-refractivity contribution < 1.29 is 14.6 Å². The molecule has 0 aliphatic carbocycles. The highest BCUT2D eigenvalue weighted by atomic mass is 16.5. The van der Waals surface area contributed by atoms with E-state index in [9.17, 15) is 9.90 Å². The van der Waals surface area contributed by atoms with Crippen molar-refractivity contribution in [1.29, 1.82) is 0 Å². The molecule has 0 saturated carbocycles. The fraction of sp³-hybridized carbons (Fsp3) is 0.0455. The Hall–Kier alpha value is -3.73. The summed E-state index contributed by atoms with van der Waals surface area (Å²) in [7, 11) is 0. The number of rotatable bonds is 4. The number of aromatic nitrogens is 2. The molecule has 0 saturated heterocycles. The number of fused-ring (bicyclic) bond motifs is 1. The summed E-state index contributed by atoms with van der Waals surface area (Å²) in [6.45, 7) is 2.04. The van der Waals surface area contributed by atoms with Crippen LogP contribution in [0.1, 0.15) is 15.9 Å². The second kappa shape index (κ2) is 6.88. The molecule has 5 nitrogen and oxygen atoms in total. The number of carbonyl (C=O) groups is 1. The van der Waals surface area contributed by atoms with Gasteiger partial charge in [-0.25, -0.2) is 4.79 Å². The van der Waals surface area contributed by atoms with Gasteiger partial charge in [-0.3, -0.25) is 0 Å². The molecule has 1 aromatic heterocycles. The van der Waals surface area contributed by atoms with E-state index >= 15 is 0 Å². The topological polar surface area (TPSA) is 72.3 Å². The molecule has 1 heterocycles. The molecular formula is C22H16N2O3. The average molecular weight is 356 g/mol. The van der Waals surface area contributed by atoms with E-state index in [2.05, 4.69) is 10.2 Å². The van der Waals surface area contributed by atoms with E-state index in [-0.39, 0.29) is 5.56 Å². The van der Waals surface area contributed by atoms with Gasteiger partial charge in [0.05, 0.1) is 6.20 Å². The monoisotopic (exact) mass is 356 g/mol. The molecule has 27 heavy (non-hydrogen) atoms. The van der Waals surface area contributed by atoms with E-state index in [0.29, 0.717) is 11.5 Å². The minimum Gasteiger partial charge on any atom is -0.478 e. The number of carboxylic acid groups (broad SMARTS) is 1. The van der Waals surface area contributed by atoms with Crippen LogP contribution >= 0.6 is 0 Å². The van der Waals surface area contributed by atoms with Gasteiger partial charge in [0, 0.05) is 16.3 Å². The van der Waals surface area contributed by atoms with E-state index in [1.165, 1.54) is 6.07 Å². The van der Waals surface area contributed by atoms with Crippen molar-refractivity contribution in [2.24, 2.45) is 0 Å². The number of hydrogen-bond acceptors (Lipinski definition) is 4. The van der Waals surface area contributed by atoms with Gasteiger partial charge < -0.3 is 9.84 Å². The Bertz CT molecular complexity index is 1160. The lowest BCUT2D eigenvalue weighted by molar-refractivity contribution is 0.0694. The number of aromatic carboxylic acids is 1. The number of carboxylic acids is 1. The second-order valence-electron chi connectivity index (χ2n) is 6.16. The van der Waals surface area contributed by atoms with E-state index in [4.69, 9.17) is 4.74 Å². The SMILES string of the molecule is Cc1ccccc1-c1nncc2cc(Oc3ccccc3C(=O)O)ccc12. The van der Waals surface area contributed by atoms with Crippen molar-refractivity contribution in [3.05, 3.63) is 84.1 Å². The lowest BCUT2D eigenvalue weighted by atomic mass is 10.0. The summed E-state index contributed by atoms with van der Waals surface area (Å²) >= 11 is 0. The minimum absolute atomic E-state index is 0.117. The molecular weight excluding hydrogens is 340 g/mol. The molecule has 0 bridgehead atoms. The smallest absolute Gasteiger partial charge is 0.339 e. The van der Waals surface area contributed by atoms with Crippen LogP contribution in [0.4, 0.5) is 0 Å². The zero-order valence-corrected chi connectivity index (χ0v) is 14.6. The molecule has 0 radical (unpaired) electrons. The third-order valence-corrected chi connectivity index (χ3v) is 4.38. The van der Waals surface area contributed by atoms with Gasteiger partial charge in [0.1, 0.15) is 22.8 Å². The van der Waals surface area contributed by atoms with Gasteiger partial charge in [-0.2, -0.15) is 5.10 Å². The lowest BCUT2D eigenvalue weighted by Gasteiger charge is -2.11. The Morgan fingerprint density at radius 1 is 1.00 bits per heavy atom. The summed E-state index contributed by atoms with van der Waals surface area (Å²) in [5.74, 6) is -0.190. The largest absolute Gasteiger partial charge is 0.478 e. The first-order valence-electron chi connectivity index (χ1n) is 8.45. The Kier molecular flexibility index (Phi) is 4.26. The molecule has 4 aromatic rings. The number of benzene rings is 3. The Labute approximate surface area is 155 Å². The predicted octanol–water partition coefficient (Wildman–Crippen LogP) is 5.10. The maximum absolute atomic E-state index is 11.4. The maximum atomic E-state index is 11.4. The molecule has 4 rings (SSSR count). The molecule has 0 fully saturated rings. The first-order chi connectivity index (χ1) is 13.1. The second-order valence-corrected chi connectivity index (χ2v) is 6.16. The molecule has 1 N–H and O–H groups in total. The number of para-hydroxylation sites is 1. The number of ether oxygens (including phenoxy) is 1. The zero-order chi connectivity index (χ0) is 18.8. The molecule has 132 valence electrons. The van der Waals surface area contributed by atoms with Crippen LogP contribution in [0.5, 0.6) is 11.5 Å². The van der Waals surface area contributed by atoms with Crippen LogP contribution in [0, 0.1) is 6.92 Å². The van der Waals surface area contributed by atoms with E-state index in [0.717, 1.165) is 27.6 Å². The Morgan fingerprint density at radius 2 is 1.78 bits per heavy atom. The normalized spacial score (nSPS) is 10.7. The molecule has 0 amide bonds. The van der Waals surface area contributed by atoms with Gasteiger partial charge in [-0.05, 0) is 42.8 Å². The molecule has 0 aliphatic rings. The van der Waals surface area contributed by atoms with Crippen LogP contribution in [0.15, 0.2) is 72.9 Å². The summed E-state index contributed by atoms with van der Waals surface area (Å²) < 4.78 is 5.82. The Balaban J connectivity index is 1.77. The highest BCUT2D eigenvalue weighted by Crippen LogP contribution is 2.32. The minimum atomic E-state index is -1.03. The van der Waals surface area contributed by atoms with Crippen molar-refractivity contribution >= 4 is 16.7 Å². The van der Waals surface area contributed by atoms with Crippen molar-refractivity contribution in [2.45, 2.75) is 6.92 Å². The third kappa shape index (κ3) is 3.22. The maximum Gasteiger partial charge on any atom is 0.339 e. The third-order valence-electron chi connectivity index (χ3n) is 4.38. The van der Waals surface area contributed by atoms with E-state index in [1.807, 2.05) is 49.4 Å². The van der Waals surface area contributed by atoms with Crippen molar-refractivity contribution in [3.63, 3.8) is 0 Å². The summed E-state index contributed by atoms with van der Waals surface area (Å²) in [5.41, 5.74) is 3.07. The van der Waals surface area contributed by atoms with Crippen LogP contribution < -0.4 is 4.74 Å². The Morgan fingerprint density at radius 3 is 2.59 bits per heavy atom. The summed E-state index contributed by atoms with van der Waals surface area (Å²) in [6.07, 6.45) is 1.67. The average Bonchev–Trinajstić information content (AvgIpc) is 2.68. The van der Waals surface area contributed by atoms with Crippen LogP contribution in [-0.4, -0.2) is 21.3 Å². The highest BCUT2D eigenvalue weighted by Gasteiger charge is 2.13. The fourth-order valence-electron chi connectivity index (χ4n) is 3.03. The quantitative estimate of drug-likeness (QED) is 0.551. The predicted molar refractivity (Wildman–Crippen MR) is 103 cm³/mol. The van der Waals surface area contributed by atoms with Gasteiger partial charge in [0.25, 0.3) is 0 Å². The van der Waals surface area contributed by atoms with Gasteiger partial charge >= 0.3 is 5.97 Å². The number of nitrogens with zero attached hydrogens (tertiary/aromatic N) is 2. The molecule has 0 atom stereocenters. The van der Waals surface area contributed by atoms with Crippen LogP contribution in [0.25, 0.3) is 22.0 Å². The van der Waals surface area contributed by atoms with Crippen molar-refractivity contribution in [2.75, 3.05) is 0 Å². The van der Waals surface area contributed by atoms with Gasteiger partial charge in [0.15, 0.2) is 0 Å². The van der Waals surface area contributed by atoms with Crippen molar-refractivity contribution in [3.8, 4) is 22.8 Å². The molecule has 0 aliphatic heterocycles. The molecule has 0 unspecified atom stereocenters. The summed E-state index contributed by atoms with van der Waals surface area (Å²) in [6, 6.07) is 20.2. The lowest BCUT2D eigenvalue weighted by Crippen LogP contribution is -1.99. The highest BCUT2D eigenvalue weighted by molar-refractivity contribution is 5.95. The van der Waals surface area contributed by atoms with Gasteiger partial charge in [0.2, 0.25) is 0 Å². The zero-order valence-electron chi connectivity index (χ0n) is 14.6. The molecule has 0 spiro atoms.